The second kappa shape index (κ2) is 7.56. The van der Waals surface area contributed by atoms with Crippen LogP contribution >= 0.6 is 0 Å². The maximum atomic E-state index is 12.7. The molecular weight excluding hydrogens is 318 g/mol. The summed E-state index contributed by atoms with van der Waals surface area (Å²) in [5, 5.41) is 0. The lowest BCUT2D eigenvalue weighted by molar-refractivity contribution is -0.150. The second-order valence-electron chi connectivity index (χ2n) is 6.70. The summed E-state index contributed by atoms with van der Waals surface area (Å²) in [5.41, 5.74) is 0.383. The van der Waals surface area contributed by atoms with E-state index in [0.29, 0.717) is 13.2 Å². The smallest absolute Gasteiger partial charge is 0.312 e. The highest BCUT2D eigenvalue weighted by atomic mass is 16.5. The van der Waals surface area contributed by atoms with Crippen LogP contribution in [0.3, 0.4) is 0 Å². The summed E-state index contributed by atoms with van der Waals surface area (Å²) in [4.78, 5) is 27.7. The molecule has 2 fully saturated rings. The van der Waals surface area contributed by atoms with Crippen LogP contribution in [0.15, 0.2) is 30.3 Å². The van der Waals surface area contributed by atoms with Crippen LogP contribution in [-0.4, -0.2) is 43.1 Å². The Kier molecular flexibility index (Phi) is 5.42. The molecule has 0 bridgehead atoms. The molecule has 0 radical (unpaired) electrons. The van der Waals surface area contributed by atoms with Gasteiger partial charge < -0.3 is 9.47 Å². The Balaban J connectivity index is 2.03. The molecule has 3 rings (SSSR count). The van der Waals surface area contributed by atoms with E-state index in [0.717, 1.165) is 31.5 Å². The molecule has 1 saturated heterocycles. The molecule has 1 aliphatic carbocycles. The first-order valence-corrected chi connectivity index (χ1v) is 9.31. The zero-order chi connectivity index (χ0) is 17.9. The van der Waals surface area contributed by atoms with Gasteiger partial charge in [0.25, 0.3) is 0 Å². The fraction of sp³-hybridized carbons (Fsp3) is 0.600. The van der Waals surface area contributed by atoms with Gasteiger partial charge in [-0.3, -0.25) is 14.5 Å². The summed E-state index contributed by atoms with van der Waals surface area (Å²) in [5.74, 6) is -1.58. The van der Waals surface area contributed by atoms with E-state index in [4.69, 9.17) is 9.47 Å². The van der Waals surface area contributed by atoms with Crippen LogP contribution in [0.5, 0.6) is 0 Å². The van der Waals surface area contributed by atoms with Crippen molar-refractivity contribution in [2.75, 3.05) is 26.3 Å². The Hall–Kier alpha value is -1.88. The average molecular weight is 345 g/mol. The molecule has 136 valence electrons. The predicted octanol–water partition coefficient (Wildman–Crippen LogP) is 2.74. The van der Waals surface area contributed by atoms with Gasteiger partial charge in [-0.15, -0.1) is 0 Å². The van der Waals surface area contributed by atoms with E-state index in [1.165, 1.54) is 6.42 Å². The highest BCUT2D eigenvalue weighted by Gasteiger charge is 2.76. The van der Waals surface area contributed by atoms with Gasteiger partial charge in [0.2, 0.25) is 0 Å². The maximum absolute atomic E-state index is 12.7. The summed E-state index contributed by atoms with van der Waals surface area (Å²) < 4.78 is 10.6. The minimum atomic E-state index is -0.625. The van der Waals surface area contributed by atoms with Gasteiger partial charge in [0.05, 0.1) is 30.6 Å². The zero-order valence-corrected chi connectivity index (χ0v) is 15.1. The first kappa shape index (κ1) is 17.9. The van der Waals surface area contributed by atoms with Crippen molar-refractivity contribution in [1.82, 2.24) is 4.90 Å². The molecule has 2 atom stereocenters. The number of carbonyl (C=O) groups excluding carboxylic acids is 2. The monoisotopic (exact) mass is 345 g/mol. The van der Waals surface area contributed by atoms with Crippen molar-refractivity contribution in [1.29, 1.82) is 0 Å². The summed E-state index contributed by atoms with van der Waals surface area (Å²) in [6.45, 7) is 6.00. The van der Waals surface area contributed by atoms with E-state index in [1.54, 1.807) is 13.8 Å². The number of rotatable bonds is 6. The third kappa shape index (κ3) is 3.06. The highest BCUT2D eigenvalue weighted by molar-refractivity contribution is 5.92. The molecule has 1 aromatic carbocycles. The number of esters is 2. The van der Waals surface area contributed by atoms with Crippen LogP contribution in [0.1, 0.15) is 38.7 Å². The molecule has 1 heterocycles. The maximum Gasteiger partial charge on any atom is 0.312 e. The molecule has 1 aromatic rings. The Morgan fingerprint density at radius 1 is 0.960 bits per heavy atom. The van der Waals surface area contributed by atoms with E-state index in [1.807, 2.05) is 30.3 Å². The molecule has 0 N–H and O–H groups in total. The van der Waals surface area contributed by atoms with E-state index in [2.05, 4.69) is 4.90 Å². The normalized spacial score (nSPS) is 29.0. The topological polar surface area (TPSA) is 55.8 Å². The minimum absolute atomic E-state index is 0.296. The predicted molar refractivity (Wildman–Crippen MR) is 93.8 cm³/mol. The van der Waals surface area contributed by atoms with Gasteiger partial charge in [-0.05, 0) is 45.3 Å². The van der Waals surface area contributed by atoms with Crippen LogP contribution in [0.2, 0.25) is 0 Å². The Morgan fingerprint density at radius 2 is 1.48 bits per heavy atom. The average Bonchev–Trinajstić information content (AvgIpc) is 3.35. The van der Waals surface area contributed by atoms with Gasteiger partial charge in [0.15, 0.2) is 0 Å². The molecular formula is C20H27NO4. The molecule has 5 heteroatoms. The molecule has 2 aliphatic rings. The van der Waals surface area contributed by atoms with E-state index in [9.17, 15) is 9.59 Å². The summed E-state index contributed by atoms with van der Waals surface area (Å²) in [6, 6.07) is 9.90. The van der Waals surface area contributed by atoms with Gasteiger partial charge >= 0.3 is 11.9 Å². The Bertz CT molecular complexity index is 585. The first-order chi connectivity index (χ1) is 12.2. The fourth-order valence-corrected chi connectivity index (χ4v) is 4.37. The summed E-state index contributed by atoms with van der Waals surface area (Å²) in [7, 11) is 0. The SMILES string of the molecule is CCOC(=O)[C@H]1[C@H](C(=O)OCC)C1(c1ccccc1)N1CCCCC1. The standard InChI is InChI=1S/C20H27NO4/c1-3-24-18(22)16-17(19(23)25-4-2)20(16,15-11-7-5-8-12-15)21-13-9-6-10-14-21/h5,7-8,11-12,16-17H,3-4,6,9-10,13-14H2,1-2H3/t16-,17-/m1/s1. The number of hydrogen-bond acceptors (Lipinski definition) is 5. The highest BCUT2D eigenvalue weighted by Crippen LogP contribution is 2.63. The van der Waals surface area contributed by atoms with E-state index < -0.39 is 17.4 Å². The number of carbonyl (C=O) groups is 2. The molecule has 1 saturated carbocycles. The van der Waals surface area contributed by atoms with Crippen molar-refractivity contribution in [3.63, 3.8) is 0 Å². The number of hydrogen-bond donors (Lipinski definition) is 0. The van der Waals surface area contributed by atoms with Crippen LogP contribution in [0, 0.1) is 11.8 Å². The molecule has 0 aromatic heterocycles. The minimum Gasteiger partial charge on any atom is -0.466 e. The van der Waals surface area contributed by atoms with Gasteiger partial charge in [-0.2, -0.15) is 0 Å². The van der Waals surface area contributed by atoms with E-state index >= 15 is 0 Å². The number of ether oxygens (including phenoxy) is 2. The van der Waals surface area contributed by atoms with Crippen molar-refractivity contribution in [2.45, 2.75) is 38.6 Å². The number of nitrogens with zero attached hydrogens (tertiary/aromatic N) is 1. The first-order valence-electron chi connectivity index (χ1n) is 9.31. The van der Waals surface area contributed by atoms with Crippen molar-refractivity contribution < 1.29 is 19.1 Å². The number of benzene rings is 1. The quantitative estimate of drug-likeness (QED) is 0.742. The van der Waals surface area contributed by atoms with E-state index in [-0.39, 0.29) is 11.9 Å². The second-order valence-corrected chi connectivity index (χ2v) is 6.70. The molecule has 0 amide bonds. The summed E-state index contributed by atoms with van der Waals surface area (Å²) in [6.07, 6.45) is 3.36. The lowest BCUT2D eigenvalue weighted by Gasteiger charge is -2.36. The van der Waals surface area contributed by atoms with Gasteiger partial charge in [-0.25, -0.2) is 0 Å². The number of likely N-dealkylation sites (tertiary alicyclic amines) is 1. The van der Waals surface area contributed by atoms with Gasteiger partial charge in [0.1, 0.15) is 0 Å². The molecule has 5 nitrogen and oxygen atoms in total. The van der Waals surface area contributed by atoms with Crippen molar-refractivity contribution in [3.8, 4) is 0 Å². The van der Waals surface area contributed by atoms with Crippen LogP contribution < -0.4 is 0 Å². The van der Waals surface area contributed by atoms with Crippen molar-refractivity contribution in [2.24, 2.45) is 11.8 Å². The van der Waals surface area contributed by atoms with Crippen molar-refractivity contribution in [3.05, 3.63) is 35.9 Å². The van der Waals surface area contributed by atoms with Crippen LogP contribution in [0.4, 0.5) is 0 Å². The van der Waals surface area contributed by atoms with Crippen molar-refractivity contribution >= 4 is 11.9 Å². The largest absolute Gasteiger partial charge is 0.466 e. The number of piperidine rings is 1. The van der Waals surface area contributed by atoms with Crippen LogP contribution in [-0.2, 0) is 24.6 Å². The third-order valence-electron chi connectivity index (χ3n) is 5.37. The zero-order valence-electron chi connectivity index (χ0n) is 15.1. The molecule has 0 unspecified atom stereocenters. The molecule has 1 aliphatic heterocycles. The van der Waals surface area contributed by atoms with Gasteiger partial charge in [0, 0.05) is 0 Å². The van der Waals surface area contributed by atoms with Crippen LogP contribution in [0.25, 0.3) is 0 Å². The Morgan fingerprint density at radius 3 is 1.96 bits per heavy atom. The fourth-order valence-electron chi connectivity index (χ4n) is 4.37. The summed E-state index contributed by atoms with van der Waals surface area (Å²) >= 11 is 0. The lowest BCUT2D eigenvalue weighted by atomic mass is 9.95. The molecule has 25 heavy (non-hydrogen) atoms. The third-order valence-corrected chi connectivity index (χ3v) is 5.37. The molecule has 0 spiro atoms. The van der Waals surface area contributed by atoms with Gasteiger partial charge in [-0.1, -0.05) is 36.8 Å². The lowest BCUT2D eigenvalue weighted by Crippen LogP contribution is -2.43. The Labute approximate surface area is 149 Å².